The summed E-state index contributed by atoms with van der Waals surface area (Å²) in [6.45, 7) is 6.71. The number of anilines is 1. The van der Waals surface area contributed by atoms with E-state index in [-0.39, 0.29) is 6.61 Å². The summed E-state index contributed by atoms with van der Waals surface area (Å²) in [5.41, 5.74) is 10.0. The molecule has 108 valence electrons. The molecule has 0 saturated carbocycles. The smallest absolute Gasteiger partial charge is 0.225 e. The molecule has 0 atom stereocenters. The van der Waals surface area contributed by atoms with E-state index in [1.807, 2.05) is 26.1 Å². The fourth-order valence-corrected chi connectivity index (χ4v) is 2.75. The number of aryl methyl sites for hydroxylation is 1. The molecule has 0 aliphatic rings. The average molecular weight is 295 g/mol. The molecule has 2 aromatic heterocycles. The summed E-state index contributed by atoms with van der Waals surface area (Å²) in [6.07, 6.45) is 2.47. The summed E-state index contributed by atoms with van der Waals surface area (Å²) in [5.74, 6) is 1.22. The largest absolute Gasteiger partial charge is 0.396 e. The number of aliphatic hydroxyl groups excluding tert-OH is 1. The van der Waals surface area contributed by atoms with Gasteiger partial charge in [0.2, 0.25) is 5.51 Å². The number of nitrogens with two attached hydrogens (primary N) is 1. The van der Waals surface area contributed by atoms with E-state index in [4.69, 9.17) is 15.6 Å². The van der Waals surface area contributed by atoms with Gasteiger partial charge < -0.3 is 15.6 Å². The number of carbonyl (C=O) groups excluding carboxylic acids is 1. The first kappa shape index (κ1) is 16.2. The Hall–Kier alpha value is -1.86. The third-order valence-electron chi connectivity index (χ3n) is 2.85. The van der Waals surface area contributed by atoms with Crippen molar-refractivity contribution in [2.24, 2.45) is 0 Å². The highest BCUT2D eigenvalue weighted by Gasteiger charge is 2.16. The lowest BCUT2D eigenvalue weighted by molar-refractivity contribution is -0.689. The van der Waals surface area contributed by atoms with Crippen molar-refractivity contribution in [3.8, 4) is 0 Å². The molecule has 0 aromatic carbocycles. The Kier molecular flexibility index (Phi) is 6.20. The zero-order chi connectivity index (χ0) is 15.1. The molecule has 0 amide bonds. The van der Waals surface area contributed by atoms with Crippen LogP contribution in [0.5, 0.6) is 0 Å². The summed E-state index contributed by atoms with van der Waals surface area (Å²) in [6, 6.07) is 0. The van der Waals surface area contributed by atoms with E-state index < -0.39 is 0 Å². The average Bonchev–Trinajstić information content (AvgIpc) is 2.77. The Morgan fingerprint density at radius 2 is 2.15 bits per heavy atom. The fraction of sp³-hybridized carbons (Fsp3) is 0.385. The van der Waals surface area contributed by atoms with Crippen molar-refractivity contribution in [1.29, 1.82) is 0 Å². The van der Waals surface area contributed by atoms with E-state index in [1.165, 1.54) is 4.88 Å². The number of rotatable bonds is 4. The molecule has 0 aliphatic heterocycles. The van der Waals surface area contributed by atoms with Crippen LogP contribution in [0.3, 0.4) is 0 Å². The molecule has 0 fully saturated rings. The number of carbonyl (C=O) groups is 1. The van der Waals surface area contributed by atoms with E-state index in [2.05, 4.69) is 14.5 Å². The number of hydrogen-bond acceptors (Lipinski definition) is 6. The van der Waals surface area contributed by atoms with E-state index in [1.54, 1.807) is 17.5 Å². The highest BCUT2D eigenvalue weighted by molar-refractivity contribution is 7.09. The van der Waals surface area contributed by atoms with Crippen molar-refractivity contribution in [2.45, 2.75) is 26.8 Å². The van der Waals surface area contributed by atoms with Gasteiger partial charge in [0.05, 0.1) is 10.4 Å². The quantitative estimate of drug-likeness (QED) is 0.798. The number of nitrogens with zero attached hydrogens (tertiary/aromatic N) is 3. The first-order chi connectivity index (χ1) is 9.61. The summed E-state index contributed by atoms with van der Waals surface area (Å²) < 4.78 is 2.11. The second-order valence-electron chi connectivity index (χ2n) is 4.16. The van der Waals surface area contributed by atoms with Crippen molar-refractivity contribution < 1.29 is 14.5 Å². The Morgan fingerprint density at radius 3 is 2.75 bits per heavy atom. The second kappa shape index (κ2) is 7.66. The highest BCUT2D eigenvalue weighted by atomic mass is 32.1. The molecule has 3 N–H and O–H groups in total. The van der Waals surface area contributed by atoms with Gasteiger partial charge in [-0.05, 0) is 6.92 Å². The molecule has 0 unspecified atom stereocenters. The van der Waals surface area contributed by atoms with Crippen molar-refractivity contribution >= 4 is 23.9 Å². The number of nitrogen functional groups attached to an aromatic ring is 1. The third kappa shape index (κ3) is 3.82. The van der Waals surface area contributed by atoms with Crippen LogP contribution >= 0.6 is 11.3 Å². The predicted molar refractivity (Wildman–Crippen MR) is 77.4 cm³/mol. The first-order valence-corrected chi connectivity index (χ1v) is 6.94. The van der Waals surface area contributed by atoms with Crippen LogP contribution in [0.1, 0.15) is 22.0 Å². The molecule has 2 aromatic rings. The maximum Gasteiger partial charge on any atom is 0.225 e. The minimum absolute atomic E-state index is 0.178. The molecule has 2 heterocycles. The molecule has 20 heavy (non-hydrogen) atoms. The maximum atomic E-state index is 8.98. The molecule has 7 heteroatoms. The topological polar surface area (TPSA) is 93.0 Å². The standard InChI is InChI=1S/C12H17N4OS.CH2O/c1-8-11(3-4-17)18-7-16(8)6-10-5-14-9(2)15-12(10)13;1-2/h5,7,17H,3-4,6H2,1-2H3,(H2,13,14,15);1H2/q+1;. The minimum Gasteiger partial charge on any atom is -0.396 e. The molecule has 0 saturated heterocycles. The molecule has 6 nitrogen and oxygen atoms in total. The Morgan fingerprint density at radius 1 is 1.45 bits per heavy atom. The summed E-state index contributed by atoms with van der Waals surface area (Å²) in [4.78, 5) is 17.5. The molecule has 2 rings (SSSR count). The van der Waals surface area contributed by atoms with Gasteiger partial charge in [0.25, 0.3) is 0 Å². The van der Waals surface area contributed by atoms with Gasteiger partial charge in [-0.15, -0.1) is 0 Å². The summed E-state index contributed by atoms with van der Waals surface area (Å²) in [7, 11) is 0. The SMILES string of the molecule is C=O.Cc1ncc(C[n+]2csc(CCO)c2C)c(N)n1. The fourth-order valence-electron chi connectivity index (χ4n) is 1.77. The van der Waals surface area contributed by atoms with Crippen molar-refractivity contribution in [3.63, 3.8) is 0 Å². The van der Waals surface area contributed by atoms with Crippen LogP contribution < -0.4 is 10.3 Å². The van der Waals surface area contributed by atoms with Crippen molar-refractivity contribution in [2.75, 3.05) is 12.3 Å². The van der Waals surface area contributed by atoms with Crippen LogP contribution in [0, 0.1) is 13.8 Å². The Labute approximate surface area is 121 Å². The van der Waals surface area contributed by atoms with Gasteiger partial charge in [-0.2, -0.15) is 4.57 Å². The normalized spacial score (nSPS) is 9.95. The van der Waals surface area contributed by atoms with Gasteiger partial charge in [0, 0.05) is 26.1 Å². The Balaban J connectivity index is 0.000000956. The van der Waals surface area contributed by atoms with Crippen molar-refractivity contribution in [3.05, 3.63) is 33.7 Å². The molecule has 0 spiro atoms. The molecule has 0 radical (unpaired) electrons. The van der Waals surface area contributed by atoms with Crippen LogP contribution in [0.4, 0.5) is 5.82 Å². The molecular weight excluding hydrogens is 276 g/mol. The lowest BCUT2D eigenvalue weighted by Crippen LogP contribution is -2.35. The van der Waals surface area contributed by atoms with E-state index in [0.717, 1.165) is 11.3 Å². The first-order valence-electron chi connectivity index (χ1n) is 6.06. The monoisotopic (exact) mass is 295 g/mol. The third-order valence-corrected chi connectivity index (χ3v) is 4.00. The zero-order valence-corrected chi connectivity index (χ0v) is 12.5. The molecular formula is C13H19N4O2S+. The zero-order valence-electron chi connectivity index (χ0n) is 11.7. The van der Waals surface area contributed by atoms with E-state index in [9.17, 15) is 0 Å². The van der Waals surface area contributed by atoms with Gasteiger partial charge in [-0.1, -0.05) is 11.3 Å². The number of hydrogen-bond donors (Lipinski definition) is 2. The summed E-state index contributed by atoms with van der Waals surface area (Å²) >= 11 is 1.65. The lowest BCUT2D eigenvalue weighted by atomic mass is 10.2. The predicted octanol–water partition coefficient (Wildman–Crippen LogP) is 0.423. The number of aliphatic hydroxyl groups is 1. The van der Waals surface area contributed by atoms with Gasteiger partial charge >= 0.3 is 0 Å². The minimum atomic E-state index is 0.178. The van der Waals surface area contributed by atoms with Crippen LogP contribution in [-0.4, -0.2) is 28.5 Å². The van der Waals surface area contributed by atoms with E-state index >= 15 is 0 Å². The van der Waals surface area contributed by atoms with Crippen LogP contribution in [0.15, 0.2) is 11.7 Å². The van der Waals surface area contributed by atoms with Crippen LogP contribution in [-0.2, 0) is 17.8 Å². The second-order valence-corrected chi connectivity index (χ2v) is 5.10. The molecule has 0 aliphatic carbocycles. The highest BCUT2D eigenvalue weighted by Crippen LogP contribution is 2.13. The Bertz CT molecular complexity index is 571. The number of aromatic nitrogens is 3. The van der Waals surface area contributed by atoms with Crippen molar-refractivity contribution in [1.82, 2.24) is 9.97 Å². The van der Waals surface area contributed by atoms with Gasteiger partial charge in [0.15, 0.2) is 12.2 Å². The van der Waals surface area contributed by atoms with E-state index in [0.29, 0.717) is 24.6 Å². The summed E-state index contributed by atoms with van der Waals surface area (Å²) in [5, 5.41) is 8.98. The number of thiazole rings is 1. The lowest BCUT2D eigenvalue weighted by Gasteiger charge is -2.01. The van der Waals surface area contributed by atoms with Crippen LogP contribution in [0.2, 0.25) is 0 Å². The van der Waals surface area contributed by atoms with Gasteiger partial charge in [0.1, 0.15) is 18.4 Å². The van der Waals surface area contributed by atoms with Crippen LogP contribution in [0.25, 0.3) is 0 Å². The van der Waals surface area contributed by atoms with Gasteiger partial charge in [-0.3, -0.25) is 0 Å². The van der Waals surface area contributed by atoms with Gasteiger partial charge in [-0.25, -0.2) is 9.97 Å². The maximum absolute atomic E-state index is 8.98. The molecule has 0 bridgehead atoms.